The molecule has 0 unspecified atom stereocenters. The lowest BCUT2D eigenvalue weighted by Crippen LogP contribution is -2.36. The van der Waals surface area contributed by atoms with Crippen LogP contribution in [0.2, 0.25) is 0 Å². The van der Waals surface area contributed by atoms with Gasteiger partial charge in [0.25, 0.3) is 17.5 Å². The Morgan fingerprint density at radius 3 is 2.19 bits per heavy atom. The van der Waals surface area contributed by atoms with E-state index in [1.165, 1.54) is 36.4 Å². The maximum Gasteiger partial charge on any atom is 0.343 e. The molecule has 0 saturated carbocycles. The van der Waals surface area contributed by atoms with Crippen molar-refractivity contribution >= 4 is 35.2 Å². The third-order valence-electron chi connectivity index (χ3n) is 5.50. The molecule has 11 heteroatoms. The molecule has 3 aromatic rings. The summed E-state index contributed by atoms with van der Waals surface area (Å²) in [5.41, 5.74) is 0.392. The summed E-state index contributed by atoms with van der Waals surface area (Å²) in [5.74, 6) is -3.85. The number of carbonyl (C=O) groups is 5. The van der Waals surface area contributed by atoms with Gasteiger partial charge in [0.2, 0.25) is 0 Å². The van der Waals surface area contributed by atoms with Crippen molar-refractivity contribution in [1.82, 2.24) is 4.90 Å². The highest BCUT2D eigenvalue weighted by molar-refractivity contribution is 6.24. The normalized spacial score (nSPS) is 12.2. The van der Waals surface area contributed by atoms with Crippen molar-refractivity contribution in [2.75, 3.05) is 13.2 Å². The van der Waals surface area contributed by atoms with Gasteiger partial charge >= 0.3 is 11.9 Å². The highest BCUT2D eigenvalue weighted by Crippen LogP contribution is 2.30. The van der Waals surface area contributed by atoms with Crippen molar-refractivity contribution in [3.05, 3.63) is 105 Å². The van der Waals surface area contributed by atoms with E-state index in [2.05, 4.69) is 0 Å². The number of nitrogens with zero attached hydrogens (tertiary/aromatic N) is 2. The number of imide groups is 1. The zero-order chi connectivity index (χ0) is 26.7. The maximum atomic E-state index is 12.5. The zero-order valence-corrected chi connectivity index (χ0v) is 19.3. The number of Topliss-reactive ketones (excluding diaryl/α,β-unsaturated/α-hetero) is 1. The summed E-state index contributed by atoms with van der Waals surface area (Å²) >= 11 is 0. The van der Waals surface area contributed by atoms with E-state index >= 15 is 0 Å². The molecule has 1 aliphatic rings. The molecule has 4 rings (SSSR count). The molecule has 3 aromatic carbocycles. The zero-order valence-electron chi connectivity index (χ0n) is 19.3. The Morgan fingerprint density at radius 1 is 0.892 bits per heavy atom. The van der Waals surface area contributed by atoms with Crippen LogP contribution in [0.5, 0.6) is 5.75 Å². The molecular weight excluding hydrogens is 484 g/mol. The molecule has 11 nitrogen and oxygen atoms in total. The molecule has 37 heavy (non-hydrogen) atoms. The van der Waals surface area contributed by atoms with Crippen LogP contribution < -0.4 is 4.74 Å². The number of aryl methyl sites for hydroxylation is 1. The summed E-state index contributed by atoms with van der Waals surface area (Å²) in [7, 11) is 0. The fourth-order valence-corrected chi connectivity index (χ4v) is 3.58. The van der Waals surface area contributed by atoms with E-state index < -0.39 is 58.9 Å². The minimum Gasteiger partial charge on any atom is -0.456 e. The minimum absolute atomic E-state index is 0.166. The Labute approximate surface area is 209 Å². The summed E-state index contributed by atoms with van der Waals surface area (Å²) in [4.78, 5) is 72.7. The number of nitro benzene ring substituents is 1. The van der Waals surface area contributed by atoms with Crippen molar-refractivity contribution in [3.63, 3.8) is 0 Å². The van der Waals surface area contributed by atoms with Crippen LogP contribution in [-0.2, 0) is 9.53 Å². The van der Waals surface area contributed by atoms with E-state index in [1.807, 2.05) is 6.92 Å². The fourth-order valence-electron chi connectivity index (χ4n) is 3.58. The van der Waals surface area contributed by atoms with Gasteiger partial charge in [-0.1, -0.05) is 23.8 Å². The second-order valence-corrected chi connectivity index (χ2v) is 8.02. The third-order valence-corrected chi connectivity index (χ3v) is 5.50. The van der Waals surface area contributed by atoms with Crippen LogP contribution in [0, 0.1) is 17.0 Å². The summed E-state index contributed by atoms with van der Waals surface area (Å²) in [6, 6.07) is 16.0. The van der Waals surface area contributed by atoms with Crippen LogP contribution >= 0.6 is 0 Å². The van der Waals surface area contributed by atoms with Crippen molar-refractivity contribution in [2.24, 2.45) is 0 Å². The van der Waals surface area contributed by atoms with E-state index in [4.69, 9.17) is 9.47 Å². The highest BCUT2D eigenvalue weighted by atomic mass is 16.6. The van der Waals surface area contributed by atoms with Gasteiger partial charge in [0.05, 0.1) is 16.1 Å². The van der Waals surface area contributed by atoms with Crippen LogP contribution in [0.3, 0.4) is 0 Å². The topological polar surface area (TPSA) is 150 Å². The van der Waals surface area contributed by atoms with Gasteiger partial charge in [-0.25, -0.2) is 4.79 Å². The monoisotopic (exact) mass is 502 g/mol. The molecule has 0 spiro atoms. The van der Waals surface area contributed by atoms with Gasteiger partial charge in [0.15, 0.2) is 12.4 Å². The molecular formula is C26H18N2O9. The summed E-state index contributed by atoms with van der Waals surface area (Å²) in [6.45, 7) is 0.399. The Morgan fingerprint density at radius 2 is 1.54 bits per heavy atom. The molecule has 0 aromatic heterocycles. The summed E-state index contributed by atoms with van der Waals surface area (Å²) in [6.07, 6.45) is 0. The van der Waals surface area contributed by atoms with Crippen LogP contribution in [0.15, 0.2) is 66.7 Å². The molecule has 0 bridgehead atoms. The molecule has 0 radical (unpaired) electrons. The number of nitro groups is 1. The predicted octanol–water partition coefficient (Wildman–Crippen LogP) is 3.14. The third kappa shape index (κ3) is 5.25. The Balaban J connectivity index is 1.32. The molecule has 2 amide bonds. The smallest absolute Gasteiger partial charge is 0.343 e. The molecule has 0 N–H and O–H groups in total. The number of ether oxygens (including phenoxy) is 2. The van der Waals surface area contributed by atoms with Gasteiger partial charge in [-0.15, -0.1) is 0 Å². The molecule has 0 aliphatic carbocycles. The van der Waals surface area contributed by atoms with Crippen LogP contribution in [-0.4, -0.2) is 52.5 Å². The lowest BCUT2D eigenvalue weighted by Gasteiger charge is -2.12. The van der Waals surface area contributed by atoms with E-state index in [0.29, 0.717) is 10.5 Å². The van der Waals surface area contributed by atoms with Gasteiger partial charge < -0.3 is 9.47 Å². The largest absolute Gasteiger partial charge is 0.456 e. The number of esters is 2. The number of rotatable bonds is 8. The minimum atomic E-state index is -1.05. The number of hydrogen-bond donors (Lipinski definition) is 0. The predicted molar refractivity (Wildman–Crippen MR) is 126 cm³/mol. The molecule has 1 aliphatic heterocycles. The average molecular weight is 502 g/mol. The summed E-state index contributed by atoms with van der Waals surface area (Å²) < 4.78 is 10.2. The van der Waals surface area contributed by atoms with Gasteiger partial charge in [0, 0.05) is 11.6 Å². The number of amides is 2. The first-order chi connectivity index (χ1) is 17.7. The lowest BCUT2D eigenvalue weighted by molar-refractivity contribution is -0.385. The van der Waals surface area contributed by atoms with E-state index in [0.717, 1.165) is 11.6 Å². The van der Waals surface area contributed by atoms with Gasteiger partial charge in [-0.05, 0) is 49.4 Å². The maximum absolute atomic E-state index is 12.5. The van der Waals surface area contributed by atoms with Crippen LogP contribution in [0.4, 0.5) is 5.69 Å². The fraction of sp³-hybridized carbons (Fsp3) is 0.115. The Hall–Kier alpha value is -5.19. The van der Waals surface area contributed by atoms with Gasteiger partial charge in [-0.2, -0.15) is 0 Å². The number of hydrogen-bond acceptors (Lipinski definition) is 9. The second kappa shape index (κ2) is 10.2. The van der Waals surface area contributed by atoms with Crippen molar-refractivity contribution in [2.45, 2.75) is 6.92 Å². The first-order valence-corrected chi connectivity index (χ1v) is 10.9. The van der Waals surface area contributed by atoms with Crippen molar-refractivity contribution < 1.29 is 38.4 Å². The Kier molecular flexibility index (Phi) is 6.87. The quantitative estimate of drug-likeness (QED) is 0.113. The van der Waals surface area contributed by atoms with Crippen LogP contribution in [0.25, 0.3) is 0 Å². The first kappa shape index (κ1) is 24.9. The standard InChI is InChI=1S/C26H18N2O9/c1-15-5-7-17(8-6-15)26(33)37-18-11-9-16(10-12-18)21(29)14-36-22(30)13-27-24(31)19-3-2-4-20(28(34)35)23(19)25(27)32/h2-12H,13-14H2,1H3. The molecule has 0 saturated heterocycles. The van der Waals surface area contributed by atoms with E-state index in [-0.39, 0.29) is 16.9 Å². The van der Waals surface area contributed by atoms with Crippen molar-refractivity contribution in [1.29, 1.82) is 0 Å². The molecule has 1 heterocycles. The average Bonchev–Trinajstić information content (AvgIpc) is 3.12. The van der Waals surface area contributed by atoms with Gasteiger partial charge in [0.1, 0.15) is 17.9 Å². The highest BCUT2D eigenvalue weighted by Gasteiger charge is 2.42. The van der Waals surface area contributed by atoms with Crippen LogP contribution in [0.1, 0.15) is 47.0 Å². The number of carbonyl (C=O) groups excluding carboxylic acids is 5. The lowest BCUT2D eigenvalue weighted by atomic mass is 10.1. The van der Waals surface area contributed by atoms with E-state index in [9.17, 15) is 34.1 Å². The van der Waals surface area contributed by atoms with E-state index in [1.54, 1.807) is 24.3 Å². The van der Waals surface area contributed by atoms with Gasteiger partial charge in [-0.3, -0.25) is 34.2 Å². The molecule has 0 atom stereocenters. The number of ketones is 1. The Bertz CT molecular complexity index is 1440. The van der Waals surface area contributed by atoms with Crippen molar-refractivity contribution in [3.8, 4) is 5.75 Å². The summed E-state index contributed by atoms with van der Waals surface area (Å²) in [5, 5.41) is 11.2. The molecule has 186 valence electrons. The number of benzene rings is 3. The second-order valence-electron chi connectivity index (χ2n) is 8.02. The number of fused-ring (bicyclic) bond motifs is 1. The first-order valence-electron chi connectivity index (χ1n) is 10.9. The molecule has 0 fully saturated rings. The SMILES string of the molecule is Cc1ccc(C(=O)Oc2ccc(C(=O)COC(=O)CN3C(=O)c4cccc([N+](=O)[O-])c4C3=O)cc2)cc1.